The van der Waals surface area contributed by atoms with Gasteiger partial charge in [0.15, 0.2) is 0 Å². The maximum Gasteiger partial charge on any atom is 0.143 e. The van der Waals surface area contributed by atoms with Gasteiger partial charge in [-0.15, -0.1) is 0 Å². The number of furan rings is 3. The van der Waals surface area contributed by atoms with E-state index in [9.17, 15) is 0 Å². The lowest BCUT2D eigenvalue weighted by Gasteiger charge is -2.11. The van der Waals surface area contributed by atoms with Crippen molar-refractivity contribution in [2.75, 3.05) is 0 Å². The predicted octanol–water partition coefficient (Wildman–Crippen LogP) is 13.0. The average molecular weight is 611 g/mol. The molecule has 0 saturated carbocycles. The molecule has 0 saturated heterocycles. The van der Waals surface area contributed by atoms with Crippen molar-refractivity contribution in [1.29, 1.82) is 0 Å². The molecule has 0 bridgehead atoms. The summed E-state index contributed by atoms with van der Waals surface area (Å²) in [6, 6.07) is 47.7. The van der Waals surface area contributed by atoms with Crippen LogP contribution < -0.4 is 0 Å². The van der Waals surface area contributed by atoms with Crippen molar-refractivity contribution in [1.82, 2.24) is 0 Å². The zero-order chi connectivity index (χ0) is 30.4. The number of hydrogen-bond acceptors (Lipinski definition) is 3. The van der Waals surface area contributed by atoms with E-state index in [0.717, 1.165) is 99.2 Å². The van der Waals surface area contributed by atoms with Gasteiger partial charge in [0.2, 0.25) is 0 Å². The fourth-order valence-electron chi connectivity index (χ4n) is 7.13. The molecule has 0 atom stereocenters. The molecule has 0 unspecified atom stereocenters. The Morgan fingerprint density at radius 2 is 0.783 bits per heavy atom. The van der Waals surface area contributed by atoms with Gasteiger partial charge in [-0.05, 0) is 59.2 Å². The summed E-state index contributed by atoms with van der Waals surface area (Å²) in [5.41, 5.74) is 11.3. The zero-order valence-electron chi connectivity index (χ0n) is 24.4. The van der Waals surface area contributed by atoms with Crippen molar-refractivity contribution in [2.24, 2.45) is 0 Å². The minimum Gasteiger partial charge on any atom is -0.455 e. The van der Waals surface area contributed by atoms with Crippen molar-refractivity contribution in [3.8, 4) is 33.4 Å². The quantitative estimate of drug-likeness (QED) is 0.200. The molecule has 3 aromatic heterocycles. The number of rotatable bonds is 3. The van der Waals surface area contributed by atoms with E-state index in [-0.39, 0.29) is 0 Å². The summed E-state index contributed by atoms with van der Waals surface area (Å²) in [6.07, 6.45) is 0. The largest absolute Gasteiger partial charge is 0.455 e. The van der Waals surface area contributed by atoms with Crippen molar-refractivity contribution in [3.05, 3.63) is 145 Å². The summed E-state index contributed by atoms with van der Waals surface area (Å²) in [6.45, 7) is 0. The highest BCUT2D eigenvalue weighted by Crippen LogP contribution is 2.48. The molecule has 7 aromatic carbocycles. The van der Waals surface area contributed by atoms with Crippen LogP contribution in [-0.2, 0) is 0 Å². The van der Waals surface area contributed by atoms with Crippen LogP contribution in [0.25, 0.3) is 99.2 Å². The number of halogens is 1. The molecular weight excluding hydrogens is 588 g/mol. The van der Waals surface area contributed by atoms with Crippen LogP contribution in [0.15, 0.2) is 153 Å². The molecule has 46 heavy (non-hydrogen) atoms. The summed E-state index contributed by atoms with van der Waals surface area (Å²) in [5.74, 6) is 0. The Balaban J connectivity index is 1.30. The van der Waals surface area contributed by atoms with Crippen LogP contribution in [-0.4, -0.2) is 0 Å². The molecule has 0 aliphatic heterocycles. The van der Waals surface area contributed by atoms with Crippen molar-refractivity contribution in [2.45, 2.75) is 0 Å². The van der Waals surface area contributed by atoms with Gasteiger partial charge in [0.05, 0.1) is 0 Å². The molecule has 0 fully saturated rings. The lowest BCUT2D eigenvalue weighted by molar-refractivity contribution is 0.669. The highest BCUT2D eigenvalue weighted by Gasteiger charge is 2.23. The van der Waals surface area contributed by atoms with Crippen LogP contribution in [0, 0.1) is 0 Å². The van der Waals surface area contributed by atoms with Crippen LogP contribution in [0.2, 0.25) is 5.02 Å². The molecule has 10 aromatic rings. The molecule has 0 spiro atoms. The van der Waals surface area contributed by atoms with Crippen LogP contribution in [0.5, 0.6) is 0 Å². The third kappa shape index (κ3) is 3.61. The van der Waals surface area contributed by atoms with Gasteiger partial charge >= 0.3 is 0 Å². The Kier molecular flexibility index (Phi) is 5.34. The first kappa shape index (κ1) is 25.5. The second-order valence-corrected chi connectivity index (χ2v) is 12.1. The first-order valence-corrected chi connectivity index (χ1v) is 15.7. The van der Waals surface area contributed by atoms with E-state index in [1.807, 2.05) is 60.7 Å². The predicted molar refractivity (Wildman–Crippen MR) is 190 cm³/mol. The molecule has 0 N–H and O–H groups in total. The molecule has 4 heteroatoms. The molecule has 0 radical (unpaired) electrons. The first-order chi connectivity index (χ1) is 22.7. The van der Waals surface area contributed by atoms with Gasteiger partial charge in [0, 0.05) is 54.0 Å². The Bertz CT molecular complexity index is 2810. The molecule has 3 heterocycles. The second kappa shape index (κ2) is 9.61. The van der Waals surface area contributed by atoms with E-state index in [0.29, 0.717) is 5.02 Å². The van der Waals surface area contributed by atoms with Crippen LogP contribution in [0.3, 0.4) is 0 Å². The third-order valence-electron chi connectivity index (χ3n) is 9.19. The molecular formula is C42H23ClO3. The third-order valence-corrected chi connectivity index (χ3v) is 9.44. The summed E-state index contributed by atoms with van der Waals surface area (Å²) < 4.78 is 19.9. The Hall–Kier alpha value is -5.77. The normalized spacial score (nSPS) is 12.0. The highest BCUT2D eigenvalue weighted by molar-refractivity contribution is 6.30. The van der Waals surface area contributed by atoms with E-state index < -0.39 is 0 Å². The number of fused-ring (bicyclic) bond motifs is 9. The lowest BCUT2D eigenvalue weighted by atomic mass is 9.91. The monoisotopic (exact) mass is 610 g/mol. The van der Waals surface area contributed by atoms with E-state index in [1.54, 1.807) is 0 Å². The molecule has 10 rings (SSSR count). The van der Waals surface area contributed by atoms with Gasteiger partial charge in [0.1, 0.15) is 33.5 Å². The van der Waals surface area contributed by atoms with Crippen LogP contribution in [0.4, 0.5) is 0 Å². The van der Waals surface area contributed by atoms with Crippen LogP contribution >= 0.6 is 11.6 Å². The summed E-state index contributed by atoms with van der Waals surface area (Å²) in [4.78, 5) is 0. The fourth-order valence-corrected chi connectivity index (χ4v) is 7.26. The van der Waals surface area contributed by atoms with E-state index >= 15 is 0 Å². The van der Waals surface area contributed by atoms with Gasteiger partial charge in [-0.2, -0.15) is 0 Å². The molecule has 216 valence electrons. The van der Waals surface area contributed by atoms with E-state index in [1.165, 1.54) is 0 Å². The summed E-state index contributed by atoms with van der Waals surface area (Å²) in [7, 11) is 0. The minimum atomic E-state index is 0.701. The molecule has 0 aliphatic carbocycles. The number of hydrogen-bond donors (Lipinski definition) is 0. The summed E-state index contributed by atoms with van der Waals surface area (Å²) in [5, 5.41) is 7.15. The van der Waals surface area contributed by atoms with Gasteiger partial charge in [-0.3, -0.25) is 0 Å². The standard InChI is InChI=1S/C42H23ClO3/c43-25-18-16-24(17-19-25)26-20-21-29(38-33-9-2-5-14-36(33)45-41(26)38)32-23-22-28(39-34-10-3-6-15-37(34)46-42(32)39)31-12-7-11-30-27-8-1-4-13-35(27)44-40(30)31/h1-23H. The van der Waals surface area contributed by atoms with Gasteiger partial charge in [-0.25, -0.2) is 0 Å². The van der Waals surface area contributed by atoms with Gasteiger partial charge < -0.3 is 13.3 Å². The Morgan fingerprint density at radius 1 is 0.326 bits per heavy atom. The topological polar surface area (TPSA) is 39.4 Å². The average Bonchev–Trinajstić information content (AvgIpc) is 3.80. The smallest absolute Gasteiger partial charge is 0.143 e. The van der Waals surface area contributed by atoms with Crippen molar-refractivity contribution >= 4 is 77.4 Å². The maximum atomic E-state index is 6.76. The minimum absolute atomic E-state index is 0.701. The van der Waals surface area contributed by atoms with Crippen molar-refractivity contribution < 1.29 is 13.3 Å². The molecule has 0 amide bonds. The van der Waals surface area contributed by atoms with E-state index in [2.05, 4.69) is 78.9 Å². The first-order valence-electron chi connectivity index (χ1n) is 15.3. The summed E-state index contributed by atoms with van der Waals surface area (Å²) >= 11 is 6.25. The molecule has 0 aliphatic rings. The number of para-hydroxylation sites is 4. The Morgan fingerprint density at radius 3 is 1.43 bits per heavy atom. The maximum absolute atomic E-state index is 6.76. The highest BCUT2D eigenvalue weighted by atomic mass is 35.5. The van der Waals surface area contributed by atoms with Gasteiger partial charge in [-0.1, -0.05) is 109 Å². The SMILES string of the molecule is Clc1ccc(-c2ccc(-c3ccc(-c4cccc5c4oc4ccccc45)c4c3oc3ccccc34)c3c2oc2ccccc23)cc1. The van der Waals surface area contributed by atoms with Crippen molar-refractivity contribution in [3.63, 3.8) is 0 Å². The fraction of sp³-hybridized carbons (Fsp3) is 0. The zero-order valence-corrected chi connectivity index (χ0v) is 25.1. The van der Waals surface area contributed by atoms with Gasteiger partial charge in [0.25, 0.3) is 0 Å². The van der Waals surface area contributed by atoms with Crippen LogP contribution in [0.1, 0.15) is 0 Å². The number of benzene rings is 7. The Labute approximate surface area is 267 Å². The second-order valence-electron chi connectivity index (χ2n) is 11.7. The molecule has 3 nitrogen and oxygen atoms in total. The van der Waals surface area contributed by atoms with E-state index in [4.69, 9.17) is 24.9 Å². The lowest BCUT2D eigenvalue weighted by Crippen LogP contribution is -1.87.